The molecule has 0 N–H and O–H groups in total. The van der Waals surface area contributed by atoms with E-state index in [1.54, 1.807) is 0 Å². The van der Waals surface area contributed by atoms with E-state index in [0.717, 1.165) is 82.8 Å². The van der Waals surface area contributed by atoms with E-state index in [4.69, 9.17) is 19.4 Å². The zero-order valence-corrected chi connectivity index (χ0v) is 32.0. The van der Waals surface area contributed by atoms with Gasteiger partial charge in [-0.05, 0) is 67.9 Å². The molecule has 0 amide bonds. The summed E-state index contributed by atoms with van der Waals surface area (Å²) < 4.78 is 6.76. The van der Waals surface area contributed by atoms with E-state index in [2.05, 4.69) is 182 Å². The lowest BCUT2D eigenvalue weighted by molar-refractivity contribution is 0.670. The van der Waals surface area contributed by atoms with Gasteiger partial charge in [-0.3, -0.25) is 0 Å². The Morgan fingerprint density at radius 3 is 1.51 bits per heavy atom. The third-order valence-electron chi connectivity index (χ3n) is 11.2. The van der Waals surface area contributed by atoms with Gasteiger partial charge in [-0.2, -0.15) is 0 Å². The van der Waals surface area contributed by atoms with Crippen molar-refractivity contribution in [1.82, 2.24) is 15.0 Å². The molecule has 11 aromatic rings. The first-order chi connectivity index (χ1) is 29.2. The van der Waals surface area contributed by atoms with Crippen LogP contribution in [-0.4, -0.2) is 15.0 Å². The van der Waals surface area contributed by atoms with Crippen LogP contribution in [0.3, 0.4) is 0 Å². The van der Waals surface area contributed by atoms with Gasteiger partial charge in [0.2, 0.25) is 0 Å². The molecule has 0 saturated heterocycles. The molecule has 0 fully saturated rings. The van der Waals surface area contributed by atoms with Crippen LogP contribution >= 0.6 is 0 Å². The highest BCUT2D eigenvalue weighted by molar-refractivity contribution is 6.15. The van der Waals surface area contributed by atoms with Gasteiger partial charge in [-0.1, -0.05) is 194 Å². The van der Waals surface area contributed by atoms with E-state index in [1.807, 2.05) is 30.3 Å². The van der Waals surface area contributed by atoms with Crippen molar-refractivity contribution in [3.8, 4) is 78.7 Å². The van der Waals surface area contributed by atoms with Crippen molar-refractivity contribution in [3.63, 3.8) is 0 Å². The number of fused-ring (bicyclic) bond motifs is 4. The molecule has 0 aliphatic rings. The smallest absolute Gasteiger partial charge is 0.164 e. The molecule has 11 rings (SSSR count). The molecular weight excluding hydrogens is 719 g/mol. The summed E-state index contributed by atoms with van der Waals surface area (Å²) in [4.78, 5) is 15.7. The molecule has 0 atom stereocenters. The van der Waals surface area contributed by atoms with Crippen LogP contribution in [0.15, 0.2) is 217 Å². The summed E-state index contributed by atoms with van der Waals surface area (Å²) in [5.41, 5.74) is 13.4. The highest BCUT2D eigenvalue weighted by Crippen LogP contribution is 2.41. The number of hydrogen-bond donors (Lipinski definition) is 0. The van der Waals surface area contributed by atoms with E-state index in [9.17, 15) is 0 Å². The quantitative estimate of drug-likeness (QED) is 0.163. The topological polar surface area (TPSA) is 51.8 Å². The fourth-order valence-electron chi connectivity index (χ4n) is 8.24. The highest BCUT2D eigenvalue weighted by Gasteiger charge is 2.20. The molecule has 0 aliphatic carbocycles. The second-order valence-corrected chi connectivity index (χ2v) is 14.8. The van der Waals surface area contributed by atoms with Gasteiger partial charge < -0.3 is 4.42 Å². The van der Waals surface area contributed by atoms with Crippen LogP contribution in [0.1, 0.15) is 0 Å². The average Bonchev–Trinajstić information content (AvgIpc) is 3.71. The summed E-state index contributed by atoms with van der Waals surface area (Å²) in [7, 11) is 0. The van der Waals surface area contributed by atoms with Gasteiger partial charge in [-0.25, -0.2) is 15.0 Å². The number of benzene rings is 9. The molecule has 2 heterocycles. The minimum absolute atomic E-state index is 0.583. The first-order valence-electron chi connectivity index (χ1n) is 19.8. The first-order valence-corrected chi connectivity index (χ1v) is 19.8. The number of rotatable bonds is 7. The van der Waals surface area contributed by atoms with Crippen molar-refractivity contribution in [2.45, 2.75) is 0 Å². The molecule has 0 spiro atoms. The number of hydrogen-bond acceptors (Lipinski definition) is 4. The van der Waals surface area contributed by atoms with Crippen molar-refractivity contribution < 1.29 is 4.42 Å². The maximum atomic E-state index is 6.76. The second kappa shape index (κ2) is 14.5. The molecule has 276 valence electrons. The van der Waals surface area contributed by atoms with Gasteiger partial charge in [0.05, 0.1) is 0 Å². The molecule has 0 radical (unpaired) electrons. The van der Waals surface area contributed by atoms with Crippen LogP contribution in [0.5, 0.6) is 0 Å². The van der Waals surface area contributed by atoms with Crippen molar-refractivity contribution in [2.24, 2.45) is 0 Å². The molecule has 0 bridgehead atoms. The lowest BCUT2D eigenvalue weighted by Crippen LogP contribution is -2.01. The van der Waals surface area contributed by atoms with Gasteiger partial charge in [0.25, 0.3) is 0 Å². The lowest BCUT2D eigenvalue weighted by Gasteiger charge is -2.12. The van der Waals surface area contributed by atoms with Crippen molar-refractivity contribution in [1.29, 1.82) is 0 Å². The van der Waals surface area contributed by atoms with Gasteiger partial charge in [0.1, 0.15) is 11.2 Å². The van der Waals surface area contributed by atoms with Gasteiger partial charge >= 0.3 is 0 Å². The largest absolute Gasteiger partial charge is 0.455 e. The minimum Gasteiger partial charge on any atom is -0.455 e. The van der Waals surface area contributed by atoms with Crippen LogP contribution in [0.4, 0.5) is 0 Å². The van der Waals surface area contributed by atoms with Crippen molar-refractivity contribution >= 4 is 32.7 Å². The predicted molar refractivity (Wildman–Crippen MR) is 243 cm³/mol. The van der Waals surface area contributed by atoms with E-state index >= 15 is 0 Å². The summed E-state index contributed by atoms with van der Waals surface area (Å²) in [6.45, 7) is 0. The van der Waals surface area contributed by atoms with Crippen LogP contribution in [0, 0.1) is 0 Å². The molecule has 4 nitrogen and oxygen atoms in total. The van der Waals surface area contributed by atoms with Crippen LogP contribution < -0.4 is 0 Å². The Bertz CT molecular complexity index is 3300. The predicted octanol–water partition coefficient (Wildman–Crippen LogP) is 14.6. The third-order valence-corrected chi connectivity index (χ3v) is 11.2. The summed E-state index contributed by atoms with van der Waals surface area (Å²) >= 11 is 0. The fraction of sp³-hybridized carbons (Fsp3) is 0. The third kappa shape index (κ3) is 6.34. The minimum atomic E-state index is 0.583. The summed E-state index contributed by atoms with van der Waals surface area (Å²) in [6, 6.07) is 74.0. The Kier molecular flexibility index (Phi) is 8.45. The van der Waals surface area contributed by atoms with Gasteiger partial charge in [0.15, 0.2) is 17.5 Å². The maximum absolute atomic E-state index is 6.76. The van der Waals surface area contributed by atoms with Crippen LogP contribution in [-0.2, 0) is 0 Å². The van der Waals surface area contributed by atoms with Gasteiger partial charge in [0, 0.05) is 33.0 Å². The fourth-order valence-corrected chi connectivity index (χ4v) is 8.24. The number of furan rings is 1. The first kappa shape index (κ1) is 34.3. The molecule has 0 saturated carbocycles. The molecule has 2 aromatic heterocycles. The molecule has 0 aliphatic heterocycles. The lowest BCUT2D eigenvalue weighted by atomic mass is 9.97. The Balaban J connectivity index is 1.09. The van der Waals surface area contributed by atoms with Crippen molar-refractivity contribution in [3.05, 3.63) is 212 Å². The van der Waals surface area contributed by atoms with Crippen LogP contribution in [0.25, 0.3) is 111 Å². The Hall–Kier alpha value is -7.95. The summed E-state index contributed by atoms with van der Waals surface area (Å²) in [5, 5.41) is 4.17. The molecule has 59 heavy (non-hydrogen) atoms. The summed E-state index contributed by atoms with van der Waals surface area (Å²) in [5.74, 6) is 1.80. The number of aromatic nitrogens is 3. The Labute approximate surface area is 341 Å². The second-order valence-electron chi connectivity index (χ2n) is 14.8. The Morgan fingerprint density at radius 1 is 0.288 bits per heavy atom. The molecule has 9 aromatic carbocycles. The number of nitrogens with zero attached hydrogens (tertiary/aromatic N) is 3. The SMILES string of the molecule is c1ccc(-c2ccc(-c3nc(-c4cccc5cc(-c6ccccc6)ccc45)nc(-c4cccc5oc6c(-c7cccc(-c8ccccc8)c7)cccc6c45)n3)cc2)cc1. The van der Waals surface area contributed by atoms with Crippen molar-refractivity contribution in [2.75, 3.05) is 0 Å². The van der Waals surface area contributed by atoms with E-state index in [-0.39, 0.29) is 0 Å². The normalized spacial score (nSPS) is 11.4. The van der Waals surface area contributed by atoms with Gasteiger partial charge in [-0.15, -0.1) is 0 Å². The molecule has 0 unspecified atom stereocenters. The molecule has 4 heteroatoms. The van der Waals surface area contributed by atoms with E-state index < -0.39 is 0 Å². The summed E-state index contributed by atoms with van der Waals surface area (Å²) in [6.07, 6.45) is 0. The molecular formula is C55H35N3O. The number of para-hydroxylation sites is 1. The zero-order chi connectivity index (χ0) is 39.1. The standard InChI is InChI=1S/C55H35N3O/c1-4-14-36(15-5-1)39-28-30-40(31-29-39)53-56-54(47-24-11-22-43-35-42(32-33-45(43)47)38-18-8-3-9-19-38)58-55(57-53)49-26-13-27-50-51(49)48-25-12-23-46(52(48)59-50)44-21-10-20-41(34-44)37-16-6-2-7-17-37/h1-35H. The Morgan fingerprint density at radius 2 is 0.780 bits per heavy atom. The highest BCUT2D eigenvalue weighted by atomic mass is 16.3. The monoisotopic (exact) mass is 753 g/mol. The van der Waals surface area contributed by atoms with Crippen LogP contribution in [0.2, 0.25) is 0 Å². The average molecular weight is 754 g/mol. The van der Waals surface area contributed by atoms with E-state index in [1.165, 1.54) is 11.1 Å². The zero-order valence-electron chi connectivity index (χ0n) is 32.0. The maximum Gasteiger partial charge on any atom is 0.164 e. The van der Waals surface area contributed by atoms with E-state index in [0.29, 0.717) is 17.5 Å².